The monoisotopic (exact) mass is 256 g/mol. The number of phenolic OH excluding ortho intramolecular Hbond substituents is 1. The molecule has 0 aliphatic rings. The second-order valence-electron chi connectivity index (χ2n) is 4.55. The van der Waals surface area contributed by atoms with Crippen LogP contribution in [0.5, 0.6) is 5.75 Å². The Kier molecular flexibility index (Phi) is 3.42. The molecule has 4 N–H and O–H groups in total. The maximum Gasteiger partial charge on any atom is 0.259 e. The molecule has 0 atom stereocenters. The van der Waals surface area contributed by atoms with Gasteiger partial charge in [-0.05, 0) is 49.7 Å². The number of nitrogens with one attached hydrogen (secondary N) is 1. The number of hydrogen-bond donors (Lipinski definition) is 3. The Labute approximate surface area is 111 Å². The van der Waals surface area contributed by atoms with Crippen molar-refractivity contribution in [2.24, 2.45) is 0 Å². The molecular weight excluding hydrogens is 240 g/mol. The van der Waals surface area contributed by atoms with Crippen LogP contribution in [0.1, 0.15) is 21.5 Å². The smallest absolute Gasteiger partial charge is 0.259 e. The van der Waals surface area contributed by atoms with E-state index in [-0.39, 0.29) is 17.2 Å². The molecule has 0 saturated heterocycles. The molecule has 0 radical (unpaired) electrons. The zero-order valence-electron chi connectivity index (χ0n) is 10.9. The fraction of sp³-hybridized carbons (Fsp3) is 0.133. The largest absolute Gasteiger partial charge is 0.507 e. The van der Waals surface area contributed by atoms with Gasteiger partial charge in [-0.1, -0.05) is 11.6 Å². The van der Waals surface area contributed by atoms with E-state index >= 15 is 0 Å². The van der Waals surface area contributed by atoms with Crippen LogP contribution in [0, 0.1) is 13.8 Å². The molecule has 2 rings (SSSR count). The Morgan fingerprint density at radius 3 is 2.58 bits per heavy atom. The molecular formula is C15H16N2O2. The van der Waals surface area contributed by atoms with E-state index in [0.717, 1.165) is 11.1 Å². The van der Waals surface area contributed by atoms with Gasteiger partial charge in [-0.25, -0.2) is 0 Å². The second kappa shape index (κ2) is 5.02. The van der Waals surface area contributed by atoms with Gasteiger partial charge in [0.1, 0.15) is 5.75 Å². The van der Waals surface area contributed by atoms with Gasteiger partial charge in [0.25, 0.3) is 5.91 Å². The molecule has 0 aliphatic heterocycles. The zero-order valence-corrected chi connectivity index (χ0v) is 10.9. The number of aryl methyl sites for hydroxylation is 2. The first-order chi connectivity index (χ1) is 8.97. The predicted octanol–water partition coefficient (Wildman–Crippen LogP) is 2.84. The molecule has 2 aromatic carbocycles. The summed E-state index contributed by atoms with van der Waals surface area (Å²) >= 11 is 0. The molecule has 4 heteroatoms. The summed E-state index contributed by atoms with van der Waals surface area (Å²) in [4.78, 5) is 12.1. The Hall–Kier alpha value is -2.49. The van der Waals surface area contributed by atoms with E-state index in [1.165, 1.54) is 6.07 Å². The molecule has 2 aromatic rings. The van der Waals surface area contributed by atoms with Crippen LogP contribution < -0.4 is 11.1 Å². The van der Waals surface area contributed by atoms with Gasteiger partial charge in [0, 0.05) is 11.4 Å². The topological polar surface area (TPSA) is 75.3 Å². The number of nitrogens with two attached hydrogens (primary N) is 1. The fourth-order valence-electron chi connectivity index (χ4n) is 1.78. The van der Waals surface area contributed by atoms with Crippen LogP contribution in [0.3, 0.4) is 0 Å². The van der Waals surface area contributed by atoms with Crippen LogP contribution in [0.4, 0.5) is 11.4 Å². The second-order valence-corrected chi connectivity index (χ2v) is 4.55. The minimum atomic E-state index is -0.342. The summed E-state index contributed by atoms with van der Waals surface area (Å²) in [6.45, 7) is 3.73. The highest BCUT2D eigenvalue weighted by molar-refractivity contribution is 6.06. The highest BCUT2D eigenvalue weighted by Gasteiger charge is 2.11. The Morgan fingerprint density at radius 2 is 1.89 bits per heavy atom. The van der Waals surface area contributed by atoms with Gasteiger partial charge in [-0.3, -0.25) is 4.79 Å². The third-order valence-corrected chi connectivity index (χ3v) is 2.92. The average Bonchev–Trinajstić information content (AvgIpc) is 2.36. The SMILES string of the molecule is Cc1ccc(O)c(C(=O)Nc2ccc(N)c(C)c2)c1. The number of nitrogen functional groups attached to an aromatic ring is 1. The predicted molar refractivity (Wildman–Crippen MR) is 76.4 cm³/mol. The number of rotatable bonds is 2. The molecule has 19 heavy (non-hydrogen) atoms. The molecule has 4 nitrogen and oxygen atoms in total. The number of carbonyl (C=O) groups is 1. The van der Waals surface area contributed by atoms with E-state index in [0.29, 0.717) is 11.4 Å². The lowest BCUT2D eigenvalue weighted by atomic mass is 10.1. The third-order valence-electron chi connectivity index (χ3n) is 2.92. The van der Waals surface area contributed by atoms with E-state index in [2.05, 4.69) is 5.32 Å². The average molecular weight is 256 g/mol. The zero-order chi connectivity index (χ0) is 14.0. The van der Waals surface area contributed by atoms with Gasteiger partial charge < -0.3 is 16.2 Å². The molecule has 0 unspecified atom stereocenters. The lowest BCUT2D eigenvalue weighted by Crippen LogP contribution is -2.12. The van der Waals surface area contributed by atoms with Crippen LogP contribution in [-0.2, 0) is 0 Å². The van der Waals surface area contributed by atoms with Gasteiger partial charge >= 0.3 is 0 Å². The highest BCUT2D eigenvalue weighted by atomic mass is 16.3. The summed E-state index contributed by atoms with van der Waals surface area (Å²) in [7, 11) is 0. The summed E-state index contributed by atoms with van der Waals surface area (Å²) in [5, 5.41) is 12.4. The van der Waals surface area contributed by atoms with Gasteiger partial charge in [0.15, 0.2) is 0 Å². The van der Waals surface area contributed by atoms with Crippen molar-refractivity contribution in [1.29, 1.82) is 0 Å². The minimum absolute atomic E-state index is 0.0322. The number of carbonyl (C=O) groups excluding carboxylic acids is 1. The van der Waals surface area contributed by atoms with Crippen molar-refractivity contribution in [3.63, 3.8) is 0 Å². The summed E-state index contributed by atoms with van der Waals surface area (Å²) in [5.74, 6) is -0.374. The first-order valence-corrected chi connectivity index (χ1v) is 5.94. The molecule has 0 aliphatic carbocycles. The van der Waals surface area contributed by atoms with E-state index in [1.54, 1.807) is 30.3 Å². The summed E-state index contributed by atoms with van der Waals surface area (Å²) in [6, 6.07) is 10.2. The van der Waals surface area contributed by atoms with Gasteiger partial charge in [-0.2, -0.15) is 0 Å². The lowest BCUT2D eigenvalue weighted by Gasteiger charge is -2.09. The number of hydrogen-bond acceptors (Lipinski definition) is 3. The number of aromatic hydroxyl groups is 1. The van der Waals surface area contributed by atoms with Gasteiger partial charge in [0.05, 0.1) is 5.56 Å². The minimum Gasteiger partial charge on any atom is -0.507 e. The third kappa shape index (κ3) is 2.85. The van der Waals surface area contributed by atoms with Crippen LogP contribution in [0.15, 0.2) is 36.4 Å². The van der Waals surface area contributed by atoms with Crippen molar-refractivity contribution in [2.75, 3.05) is 11.1 Å². The highest BCUT2D eigenvalue weighted by Crippen LogP contribution is 2.21. The maximum absolute atomic E-state index is 12.1. The van der Waals surface area contributed by atoms with E-state index < -0.39 is 0 Å². The number of benzene rings is 2. The van der Waals surface area contributed by atoms with Crippen molar-refractivity contribution in [1.82, 2.24) is 0 Å². The van der Waals surface area contributed by atoms with Crippen molar-refractivity contribution in [2.45, 2.75) is 13.8 Å². The van der Waals surface area contributed by atoms with Crippen molar-refractivity contribution < 1.29 is 9.90 Å². The number of anilines is 2. The first-order valence-electron chi connectivity index (χ1n) is 5.94. The van der Waals surface area contributed by atoms with Crippen molar-refractivity contribution >= 4 is 17.3 Å². The Morgan fingerprint density at radius 1 is 1.16 bits per heavy atom. The molecule has 0 spiro atoms. The number of amides is 1. The van der Waals surface area contributed by atoms with Gasteiger partial charge in [-0.15, -0.1) is 0 Å². The van der Waals surface area contributed by atoms with Crippen LogP contribution in [-0.4, -0.2) is 11.0 Å². The summed E-state index contributed by atoms with van der Waals surface area (Å²) in [5.41, 5.74) is 9.12. The summed E-state index contributed by atoms with van der Waals surface area (Å²) < 4.78 is 0. The molecule has 0 heterocycles. The van der Waals surface area contributed by atoms with Gasteiger partial charge in [0.2, 0.25) is 0 Å². The van der Waals surface area contributed by atoms with E-state index in [9.17, 15) is 9.90 Å². The lowest BCUT2D eigenvalue weighted by molar-refractivity contribution is 0.102. The van der Waals surface area contributed by atoms with E-state index in [1.807, 2.05) is 13.8 Å². The van der Waals surface area contributed by atoms with Crippen molar-refractivity contribution in [3.8, 4) is 5.75 Å². The summed E-state index contributed by atoms with van der Waals surface area (Å²) in [6.07, 6.45) is 0. The Bertz CT molecular complexity index is 636. The normalized spacial score (nSPS) is 10.2. The molecule has 98 valence electrons. The molecule has 0 bridgehead atoms. The Balaban J connectivity index is 2.25. The quantitative estimate of drug-likeness (QED) is 0.723. The molecule has 0 aromatic heterocycles. The van der Waals surface area contributed by atoms with Crippen LogP contribution >= 0.6 is 0 Å². The maximum atomic E-state index is 12.1. The molecule has 1 amide bonds. The number of phenols is 1. The van der Waals surface area contributed by atoms with E-state index in [4.69, 9.17) is 5.73 Å². The molecule has 0 saturated carbocycles. The molecule has 0 fully saturated rings. The first kappa shape index (κ1) is 13.0. The fourth-order valence-corrected chi connectivity index (χ4v) is 1.78. The van der Waals surface area contributed by atoms with Crippen LogP contribution in [0.25, 0.3) is 0 Å². The van der Waals surface area contributed by atoms with Crippen molar-refractivity contribution in [3.05, 3.63) is 53.1 Å². The standard InChI is InChI=1S/C15H16N2O2/c1-9-3-6-14(18)12(7-9)15(19)17-11-4-5-13(16)10(2)8-11/h3-8,18H,16H2,1-2H3,(H,17,19). The van der Waals surface area contributed by atoms with Crippen LogP contribution in [0.2, 0.25) is 0 Å².